The van der Waals surface area contributed by atoms with E-state index < -0.39 is 17.7 Å². The Bertz CT molecular complexity index is 746. The van der Waals surface area contributed by atoms with Gasteiger partial charge in [0.25, 0.3) is 0 Å². The van der Waals surface area contributed by atoms with Gasteiger partial charge in [-0.2, -0.15) is 0 Å². The predicted octanol–water partition coefficient (Wildman–Crippen LogP) is 4.32. The van der Waals surface area contributed by atoms with Gasteiger partial charge >= 0.3 is 6.03 Å². The average Bonchev–Trinajstić information content (AvgIpc) is 2.62. The molecule has 0 atom stereocenters. The molecule has 0 saturated carbocycles. The lowest BCUT2D eigenvalue weighted by Gasteiger charge is -2.14. The van der Waals surface area contributed by atoms with Crippen LogP contribution in [-0.2, 0) is 0 Å². The maximum Gasteiger partial charge on any atom is 0.329 e. The molecule has 0 bridgehead atoms. The molecule has 2 aromatic rings. The number of rotatable bonds is 9. The summed E-state index contributed by atoms with van der Waals surface area (Å²) < 4.78 is 38.1. The zero-order valence-corrected chi connectivity index (χ0v) is 14.9. The average molecular weight is 382 g/mol. The molecule has 0 radical (unpaired) electrons. The molecule has 2 N–H and O–H groups in total. The Kier molecular flexibility index (Phi) is 7.53. The van der Waals surface area contributed by atoms with Crippen molar-refractivity contribution in [1.29, 1.82) is 0 Å². The van der Waals surface area contributed by atoms with Gasteiger partial charge in [0.1, 0.15) is 11.6 Å². The summed E-state index contributed by atoms with van der Waals surface area (Å²) in [7, 11) is 0. The van der Waals surface area contributed by atoms with Gasteiger partial charge in [0.15, 0.2) is 11.6 Å². The molecule has 0 spiro atoms. The number of urea groups is 1. The molecule has 0 aliphatic rings. The molecule has 0 fully saturated rings. The quantitative estimate of drug-likeness (QED) is 0.501. The SMILES string of the molecule is NC(=O)N(S)c1cccc(OCCCCCOc2ccc(F)cc2F)c1. The summed E-state index contributed by atoms with van der Waals surface area (Å²) in [5.74, 6) is -0.687. The van der Waals surface area contributed by atoms with Crippen molar-refractivity contribution < 1.29 is 23.0 Å². The lowest BCUT2D eigenvalue weighted by molar-refractivity contribution is 0.257. The molecule has 0 aliphatic heterocycles. The van der Waals surface area contributed by atoms with Crippen LogP contribution in [0, 0.1) is 11.6 Å². The number of unbranched alkanes of at least 4 members (excludes halogenated alkanes) is 2. The molecule has 2 rings (SSSR count). The van der Waals surface area contributed by atoms with E-state index in [9.17, 15) is 13.6 Å². The third-order valence-electron chi connectivity index (χ3n) is 3.48. The third kappa shape index (κ3) is 6.11. The summed E-state index contributed by atoms with van der Waals surface area (Å²) in [6.45, 7) is 0.822. The molecule has 2 amide bonds. The van der Waals surface area contributed by atoms with E-state index in [4.69, 9.17) is 15.2 Å². The standard InChI is InChI=1S/C18H20F2N2O3S/c19-13-7-8-17(16(20)11-13)25-10-3-1-2-9-24-15-6-4-5-14(12-15)22(26)18(21)23/h4-8,11-12,26H,1-3,9-10H2,(H2,21,23). The molecule has 5 nitrogen and oxygen atoms in total. The van der Waals surface area contributed by atoms with E-state index >= 15 is 0 Å². The first-order valence-corrected chi connectivity index (χ1v) is 8.46. The lowest BCUT2D eigenvalue weighted by atomic mass is 10.2. The van der Waals surface area contributed by atoms with Gasteiger partial charge in [-0.3, -0.25) is 0 Å². The van der Waals surface area contributed by atoms with Crippen molar-refractivity contribution in [3.63, 3.8) is 0 Å². The first-order valence-electron chi connectivity index (χ1n) is 8.06. The van der Waals surface area contributed by atoms with Crippen molar-refractivity contribution in [1.82, 2.24) is 0 Å². The number of ether oxygens (including phenoxy) is 2. The Labute approximate surface area is 156 Å². The number of nitrogens with two attached hydrogens (primary N) is 1. The van der Waals surface area contributed by atoms with E-state index in [0.29, 0.717) is 31.1 Å². The van der Waals surface area contributed by atoms with E-state index in [1.807, 2.05) is 0 Å². The number of carbonyl (C=O) groups is 1. The largest absolute Gasteiger partial charge is 0.494 e. The smallest absolute Gasteiger partial charge is 0.329 e. The molecule has 2 aromatic carbocycles. The molecule has 0 aromatic heterocycles. The Morgan fingerprint density at radius 1 is 1.04 bits per heavy atom. The number of thiol groups is 1. The molecular weight excluding hydrogens is 362 g/mol. The van der Waals surface area contributed by atoms with E-state index in [-0.39, 0.29) is 5.75 Å². The Morgan fingerprint density at radius 2 is 1.77 bits per heavy atom. The Morgan fingerprint density at radius 3 is 2.46 bits per heavy atom. The fraction of sp³-hybridized carbons (Fsp3) is 0.278. The zero-order chi connectivity index (χ0) is 18.9. The number of carbonyl (C=O) groups excluding carboxylic acids is 1. The van der Waals surface area contributed by atoms with Gasteiger partial charge in [-0.1, -0.05) is 18.9 Å². The maximum atomic E-state index is 13.4. The maximum absolute atomic E-state index is 13.4. The highest BCUT2D eigenvalue weighted by Gasteiger charge is 2.08. The van der Waals surface area contributed by atoms with E-state index in [2.05, 4.69) is 12.8 Å². The number of benzene rings is 2. The number of nitrogens with zero attached hydrogens (tertiary/aromatic N) is 1. The number of hydrogen-bond acceptors (Lipinski definition) is 4. The van der Waals surface area contributed by atoms with Crippen LogP contribution in [0.5, 0.6) is 11.5 Å². The predicted molar refractivity (Wildman–Crippen MR) is 98.7 cm³/mol. The van der Waals surface area contributed by atoms with Gasteiger partial charge in [0, 0.05) is 12.1 Å². The van der Waals surface area contributed by atoms with Crippen LogP contribution >= 0.6 is 12.8 Å². The molecule has 140 valence electrons. The van der Waals surface area contributed by atoms with Gasteiger partial charge < -0.3 is 15.2 Å². The Balaban J connectivity index is 1.65. The number of halogens is 2. The van der Waals surface area contributed by atoms with Crippen LogP contribution in [0.1, 0.15) is 19.3 Å². The summed E-state index contributed by atoms with van der Waals surface area (Å²) in [5.41, 5.74) is 5.68. The minimum Gasteiger partial charge on any atom is -0.494 e. The highest BCUT2D eigenvalue weighted by atomic mass is 32.1. The minimum absolute atomic E-state index is 0.0465. The normalized spacial score (nSPS) is 10.4. The number of hydrogen-bond donors (Lipinski definition) is 2. The van der Waals surface area contributed by atoms with Gasteiger partial charge in [-0.25, -0.2) is 17.9 Å². The van der Waals surface area contributed by atoms with Crippen LogP contribution in [0.2, 0.25) is 0 Å². The van der Waals surface area contributed by atoms with Crippen molar-refractivity contribution in [3.05, 3.63) is 54.1 Å². The van der Waals surface area contributed by atoms with Gasteiger partial charge in [0.05, 0.1) is 18.9 Å². The van der Waals surface area contributed by atoms with Crippen molar-refractivity contribution in [2.24, 2.45) is 5.73 Å². The van der Waals surface area contributed by atoms with E-state index in [0.717, 1.165) is 29.3 Å². The molecule has 26 heavy (non-hydrogen) atoms. The second-order valence-electron chi connectivity index (χ2n) is 5.48. The number of anilines is 1. The number of amides is 2. The fourth-order valence-electron chi connectivity index (χ4n) is 2.18. The monoisotopic (exact) mass is 382 g/mol. The molecule has 0 heterocycles. The third-order valence-corrected chi connectivity index (χ3v) is 3.91. The van der Waals surface area contributed by atoms with Crippen LogP contribution in [0.4, 0.5) is 19.3 Å². The fourth-order valence-corrected chi connectivity index (χ4v) is 2.30. The topological polar surface area (TPSA) is 64.8 Å². The van der Waals surface area contributed by atoms with Crippen LogP contribution in [-0.4, -0.2) is 19.2 Å². The summed E-state index contributed by atoms with van der Waals surface area (Å²) in [6, 6.07) is 9.41. The number of primary amides is 1. The van der Waals surface area contributed by atoms with E-state index in [1.54, 1.807) is 24.3 Å². The van der Waals surface area contributed by atoms with Crippen molar-refractivity contribution in [3.8, 4) is 11.5 Å². The van der Waals surface area contributed by atoms with Crippen molar-refractivity contribution in [2.75, 3.05) is 17.5 Å². The van der Waals surface area contributed by atoms with Crippen LogP contribution in [0.15, 0.2) is 42.5 Å². The van der Waals surface area contributed by atoms with E-state index in [1.165, 1.54) is 6.07 Å². The van der Waals surface area contributed by atoms with Crippen LogP contribution in [0.3, 0.4) is 0 Å². The zero-order valence-electron chi connectivity index (χ0n) is 14.0. The Hall–Kier alpha value is -2.48. The van der Waals surface area contributed by atoms with Crippen molar-refractivity contribution in [2.45, 2.75) is 19.3 Å². The first kappa shape index (κ1) is 19.8. The molecule has 0 unspecified atom stereocenters. The highest BCUT2D eigenvalue weighted by molar-refractivity contribution is 7.82. The summed E-state index contributed by atoms with van der Waals surface area (Å²) >= 11 is 3.99. The van der Waals surface area contributed by atoms with Crippen LogP contribution < -0.4 is 19.5 Å². The molecular formula is C18H20F2N2O3S. The summed E-state index contributed by atoms with van der Waals surface area (Å²) in [5, 5.41) is 0. The van der Waals surface area contributed by atoms with Crippen LogP contribution in [0.25, 0.3) is 0 Å². The highest BCUT2D eigenvalue weighted by Crippen LogP contribution is 2.22. The summed E-state index contributed by atoms with van der Waals surface area (Å²) in [6.07, 6.45) is 2.31. The van der Waals surface area contributed by atoms with Gasteiger partial charge in [-0.05, 0) is 43.5 Å². The molecule has 0 aliphatic carbocycles. The first-order chi connectivity index (χ1) is 12.5. The van der Waals surface area contributed by atoms with Gasteiger partial charge in [-0.15, -0.1) is 0 Å². The van der Waals surface area contributed by atoms with Gasteiger partial charge in [0.2, 0.25) is 0 Å². The molecule has 0 saturated heterocycles. The minimum atomic E-state index is -0.706. The lowest BCUT2D eigenvalue weighted by Crippen LogP contribution is -2.27. The van der Waals surface area contributed by atoms with Crippen molar-refractivity contribution >= 4 is 24.5 Å². The second-order valence-corrected chi connectivity index (χ2v) is 5.88. The second kappa shape index (κ2) is 9.86. The molecule has 8 heteroatoms. The summed E-state index contributed by atoms with van der Waals surface area (Å²) in [4.78, 5) is 11.1.